The molecule has 2 aliphatic rings. The fraction of sp³-hybridized carbons (Fsp3) is 0.455. The summed E-state index contributed by atoms with van der Waals surface area (Å²) in [7, 11) is 3.45. The van der Waals surface area contributed by atoms with E-state index in [2.05, 4.69) is 110 Å². The van der Waals surface area contributed by atoms with Crippen LogP contribution in [-0.4, -0.2) is 49.2 Å². The number of likely N-dealkylation sites (tertiary alicyclic amines) is 2. The van der Waals surface area contributed by atoms with Crippen LogP contribution in [0.3, 0.4) is 0 Å². The molecule has 0 amide bonds. The molecule has 0 spiro atoms. The van der Waals surface area contributed by atoms with Crippen LogP contribution in [0.4, 0.5) is 0 Å². The standard InChI is InChI=1S/C44H56N2O4/c1-31-13-7-9-23-45(31)27-35-19-21-41(43(25-35)47-5)49-29-37-15-11-17-39(33(37)3)40-18-12-16-38(34(40)4)30-50-42-22-20-36(26-44(42)48-6)28-46-24-10-8-14-32(46)2/h11-12,15-22,25-26,31-32H,7-10,13-14,23-24,27-30H2,1-6H3/t31-,32-/m1/s1. The smallest absolute Gasteiger partial charge is 0.161 e. The number of hydrogen-bond acceptors (Lipinski definition) is 6. The highest BCUT2D eigenvalue weighted by atomic mass is 16.5. The van der Waals surface area contributed by atoms with Gasteiger partial charge in [0.05, 0.1) is 14.2 Å². The molecule has 50 heavy (non-hydrogen) atoms. The van der Waals surface area contributed by atoms with Gasteiger partial charge < -0.3 is 18.9 Å². The first-order chi connectivity index (χ1) is 24.3. The predicted octanol–water partition coefficient (Wildman–Crippen LogP) is 9.89. The van der Waals surface area contributed by atoms with Gasteiger partial charge in [-0.1, -0.05) is 61.4 Å². The Morgan fingerprint density at radius 1 is 0.560 bits per heavy atom. The molecule has 6 rings (SSSR count). The highest BCUT2D eigenvalue weighted by Crippen LogP contribution is 2.35. The summed E-state index contributed by atoms with van der Waals surface area (Å²) in [6.45, 7) is 14.2. The minimum absolute atomic E-state index is 0.465. The van der Waals surface area contributed by atoms with Crippen LogP contribution in [0.1, 0.15) is 85.8 Å². The maximum Gasteiger partial charge on any atom is 0.161 e. The first kappa shape index (κ1) is 35.8. The summed E-state index contributed by atoms with van der Waals surface area (Å²) in [5.41, 5.74) is 9.67. The molecule has 2 saturated heterocycles. The van der Waals surface area contributed by atoms with Gasteiger partial charge in [0.1, 0.15) is 13.2 Å². The minimum atomic E-state index is 0.465. The van der Waals surface area contributed by atoms with E-state index in [1.165, 1.54) is 71.9 Å². The van der Waals surface area contributed by atoms with E-state index in [1.807, 2.05) is 0 Å². The van der Waals surface area contributed by atoms with Crippen molar-refractivity contribution in [2.45, 2.75) is 105 Å². The van der Waals surface area contributed by atoms with E-state index in [9.17, 15) is 0 Å². The fourth-order valence-corrected chi connectivity index (χ4v) is 7.69. The summed E-state index contributed by atoms with van der Waals surface area (Å²) < 4.78 is 24.4. The molecule has 2 fully saturated rings. The van der Waals surface area contributed by atoms with Crippen LogP contribution in [-0.2, 0) is 26.3 Å². The van der Waals surface area contributed by atoms with Crippen LogP contribution in [0, 0.1) is 13.8 Å². The highest BCUT2D eigenvalue weighted by Gasteiger charge is 2.21. The Morgan fingerprint density at radius 2 is 1.00 bits per heavy atom. The third kappa shape index (κ3) is 8.47. The Labute approximate surface area is 300 Å². The molecule has 0 aliphatic carbocycles. The second kappa shape index (κ2) is 16.8. The predicted molar refractivity (Wildman–Crippen MR) is 203 cm³/mol. The summed E-state index contributed by atoms with van der Waals surface area (Å²) in [6, 6.07) is 27.0. The van der Waals surface area contributed by atoms with Crippen LogP contribution >= 0.6 is 0 Å². The summed E-state index contributed by atoms with van der Waals surface area (Å²) in [6.07, 6.45) is 7.77. The second-order valence-electron chi connectivity index (χ2n) is 14.4. The first-order valence-corrected chi connectivity index (χ1v) is 18.6. The summed E-state index contributed by atoms with van der Waals surface area (Å²) in [5, 5.41) is 0. The molecule has 0 unspecified atom stereocenters. The summed E-state index contributed by atoms with van der Waals surface area (Å²) in [5.74, 6) is 3.11. The largest absolute Gasteiger partial charge is 0.493 e. The van der Waals surface area contributed by atoms with Gasteiger partial charge in [0.2, 0.25) is 0 Å². The third-order valence-electron chi connectivity index (χ3n) is 11.1. The lowest BCUT2D eigenvalue weighted by Gasteiger charge is -2.33. The van der Waals surface area contributed by atoms with Gasteiger partial charge in [0.15, 0.2) is 23.0 Å². The van der Waals surface area contributed by atoms with Crippen molar-refractivity contribution < 1.29 is 18.9 Å². The van der Waals surface area contributed by atoms with Crippen LogP contribution in [0.25, 0.3) is 11.1 Å². The van der Waals surface area contributed by atoms with Crippen molar-refractivity contribution in [3.8, 4) is 34.1 Å². The maximum absolute atomic E-state index is 6.40. The Bertz CT molecular complexity index is 1610. The summed E-state index contributed by atoms with van der Waals surface area (Å²) in [4.78, 5) is 5.14. The number of hydrogen-bond donors (Lipinski definition) is 0. The quantitative estimate of drug-likeness (QED) is 0.141. The lowest BCUT2D eigenvalue weighted by Crippen LogP contribution is -2.36. The molecule has 2 aliphatic heterocycles. The van der Waals surface area contributed by atoms with Crippen LogP contribution in [0.5, 0.6) is 23.0 Å². The lowest BCUT2D eigenvalue weighted by molar-refractivity contribution is 0.152. The average Bonchev–Trinajstić information content (AvgIpc) is 3.13. The SMILES string of the molecule is COc1cc(CN2CCCC[C@H]2C)ccc1OCc1cccc(-c2cccc(COc3ccc(CN4CCCC[C@H]4C)cc3OC)c2C)c1C. The van der Waals surface area contributed by atoms with E-state index < -0.39 is 0 Å². The van der Waals surface area contributed by atoms with Gasteiger partial charge in [-0.15, -0.1) is 0 Å². The zero-order chi connectivity index (χ0) is 35.0. The molecule has 6 heteroatoms. The van der Waals surface area contributed by atoms with Gasteiger partial charge in [-0.25, -0.2) is 0 Å². The third-order valence-corrected chi connectivity index (χ3v) is 11.1. The van der Waals surface area contributed by atoms with Gasteiger partial charge in [0, 0.05) is 25.2 Å². The van der Waals surface area contributed by atoms with E-state index in [0.717, 1.165) is 60.3 Å². The number of piperidine rings is 2. The van der Waals surface area contributed by atoms with Crippen molar-refractivity contribution in [3.05, 3.63) is 106 Å². The van der Waals surface area contributed by atoms with Gasteiger partial charge in [-0.3, -0.25) is 9.80 Å². The lowest BCUT2D eigenvalue weighted by atomic mass is 9.92. The molecule has 4 aromatic rings. The number of rotatable bonds is 13. The van der Waals surface area contributed by atoms with E-state index in [4.69, 9.17) is 18.9 Å². The fourth-order valence-electron chi connectivity index (χ4n) is 7.69. The molecular formula is C44H56N2O4. The minimum Gasteiger partial charge on any atom is -0.493 e. The van der Waals surface area contributed by atoms with E-state index in [0.29, 0.717) is 25.3 Å². The molecular weight excluding hydrogens is 620 g/mol. The van der Waals surface area contributed by atoms with Crippen molar-refractivity contribution in [2.24, 2.45) is 0 Å². The van der Waals surface area contributed by atoms with Gasteiger partial charge in [0.25, 0.3) is 0 Å². The molecule has 266 valence electrons. The number of ether oxygens (including phenoxy) is 4. The van der Waals surface area contributed by atoms with E-state index in [1.54, 1.807) is 14.2 Å². The van der Waals surface area contributed by atoms with Crippen molar-refractivity contribution in [2.75, 3.05) is 27.3 Å². The Kier molecular flexibility index (Phi) is 12.0. The van der Waals surface area contributed by atoms with Crippen molar-refractivity contribution in [1.82, 2.24) is 9.80 Å². The number of nitrogens with zero attached hydrogens (tertiary/aromatic N) is 2. The van der Waals surface area contributed by atoms with Crippen LogP contribution in [0.2, 0.25) is 0 Å². The number of benzene rings is 4. The van der Waals surface area contributed by atoms with Crippen LogP contribution < -0.4 is 18.9 Å². The van der Waals surface area contributed by atoms with E-state index >= 15 is 0 Å². The second-order valence-corrected chi connectivity index (χ2v) is 14.4. The van der Waals surface area contributed by atoms with Crippen molar-refractivity contribution >= 4 is 0 Å². The Hall–Kier alpha value is -4.00. The molecule has 0 bridgehead atoms. The zero-order valence-electron chi connectivity index (χ0n) is 31.1. The Morgan fingerprint density at radius 3 is 1.40 bits per heavy atom. The number of methoxy groups -OCH3 is 2. The van der Waals surface area contributed by atoms with Crippen LogP contribution in [0.15, 0.2) is 72.8 Å². The molecule has 0 aromatic heterocycles. The molecule has 2 heterocycles. The normalized spacial score (nSPS) is 18.5. The molecule has 6 nitrogen and oxygen atoms in total. The topological polar surface area (TPSA) is 43.4 Å². The van der Waals surface area contributed by atoms with Crippen molar-refractivity contribution in [3.63, 3.8) is 0 Å². The zero-order valence-corrected chi connectivity index (χ0v) is 31.1. The summed E-state index contributed by atoms with van der Waals surface area (Å²) >= 11 is 0. The molecule has 0 saturated carbocycles. The molecule has 4 aromatic carbocycles. The monoisotopic (exact) mass is 676 g/mol. The maximum atomic E-state index is 6.40. The van der Waals surface area contributed by atoms with E-state index in [-0.39, 0.29) is 0 Å². The Balaban J connectivity index is 1.12. The highest BCUT2D eigenvalue weighted by molar-refractivity contribution is 5.72. The molecule has 0 N–H and O–H groups in total. The average molecular weight is 677 g/mol. The van der Waals surface area contributed by atoms with Gasteiger partial charge >= 0.3 is 0 Å². The molecule has 2 atom stereocenters. The first-order valence-electron chi connectivity index (χ1n) is 18.6. The van der Waals surface area contributed by atoms with Gasteiger partial charge in [-0.2, -0.15) is 0 Å². The van der Waals surface area contributed by atoms with Crippen molar-refractivity contribution in [1.29, 1.82) is 0 Å². The molecule has 0 radical (unpaired) electrons. The van der Waals surface area contributed by atoms with Gasteiger partial charge in [-0.05, 0) is 135 Å².